The SMILES string of the molecule is CC1(C)CC(=O)C2=C(C1)N(Cc1ccccc1)C(N)=CC21CCOC(C#N)C1. The van der Waals surface area contributed by atoms with Crippen molar-refractivity contribution < 1.29 is 9.53 Å². The minimum atomic E-state index is -0.505. The van der Waals surface area contributed by atoms with Gasteiger partial charge in [0.1, 0.15) is 6.10 Å². The van der Waals surface area contributed by atoms with Gasteiger partial charge in [0.2, 0.25) is 0 Å². The average molecular weight is 377 g/mol. The second-order valence-corrected chi connectivity index (χ2v) is 9.00. The maximum atomic E-state index is 13.3. The fourth-order valence-corrected chi connectivity index (χ4v) is 4.94. The molecule has 1 aromatic carbocycles. The molecule has 5 heteroatoms. The van der Waals surface area contributed by atoms with Crippen molar-refractivity contribution in [2.45, 2.75) is 52.2 Å². The number of allylic oxidation sites excluding steroid dienone is 3. The van der Waals surface area contributed by atoms with E-state index in [-0.39, 0.29) is 11.2 Å². The molecule has 4 rings (SSSR count). The zero-order valence-electron chi connectivity index (χ0n) is 16.6. The summed E-state index contributed by atoms with van der Waals surface area (Å²) in [5.41, 5.74) is 9.03. The molecule has 3 aliphatic rings. The molecule has 0 bridgehead atoms. The van der Waals surface area contributed by atoms with Crippen molar-refractivity contribution in [1.82, 2.24) is 4.90 Å². The highest BCUT2D eigenvalue weighted by molar-refractivity contribution is 5.99. The highest BCUT2D eigenvalue weighted by Gasteiger charge is 2.50. The summed E-state index contributed by atoms with van der Waals surface area (Å²) in [6.07, 6.45) is 4.03. The molecule has 0 saturated carbocycles. The molecule has 2 N–H and O–H groups in total. The van der Waals surface area contributed by atoms with Crippen LogP contribution < -0.4 is 5.73 Å². The van der Waals surface area contributed by atoms with E-state index in [1.807, 2.05) is 24.3 Å². The molecule has 1 spiro atoms. The smallest absolute Gasteiger partial charge is 0.162 e. The summed E-state index contributed by atoms with van der Waals surface area (Å²) in [5.74, 6) is 0.860. The largest absolute Gasteiger partial charge is 0.385 e. The Morgan fingerprint density at radius 2 is 2.04 bits per heavy atom. The molecule has 28 heavy (non-hydrogen) atoms. The van der Waals surface area contributed by atoms with E-state index in [0.29, 0.717) is 38.2 Å². The number of ketones is 1. The zero-order valence-corrected chi connectivity index (χ0v) is 16.6. The molecule has 1 aromatic rings. The summed E-state index contributed by atoms with van der Waals surface area (Å²) in [6.45, 7) is 5.38. The van der Waals surface area contributed by atoms with Crippen LogP contribution in [-0.2, 0) is 16.1 Å². The number of Topliss-reactive ketones (excluding diaryl/α,β-unsaturated/α-hetero) is 1. The first-order valence-electron chi connectivity index (χ1n) is 9.91. The van der Waals surface area contributed by atoms with Gasteiger partial charge < -0.3 is 15.4 Å². The number of nitriles is 1. The number of nitrogens with two attached hydrogens (primary N) is 1. The summed E-state index contributed by atoms with van der Waals surface area (Å²) in [7, 11) is 0. The minimum Gasteiger partial charge on any atom is -0.385 e. The van der Waals surface area contributed by atoms with Gasteiger partial charge in [0.15, 0.2) is 5.78 Å². The van der Waals surface area contributed by atoms with E-state index in [2.05, 4.69) is 36.9 Å². The van der Waals surface area contributed by atoms with Crippen molar-refractivity contribution in [3.05, 3.63) is 59.1 Å². The van der Waals surface area contributed by atoms with Crippen molar-refractivity contribution in [2.75, 3.05) is 6.61 Å². The summed E-state index contributed by atoms with van der Waals surface area (Å²) in [5, 5.41) is 9.42. The zero-order chi connectivity index (χ0) is 19.9. The molecule has 1 aliphatic carbocycles. The highest BCUT2D eigenvalue weighted by Crippen LogP contribution is 2.53. The molecular weight excluding hydrogens is 350 g/mol. The van der Waals surface area contributed by atoms with Crippen molar-refractivity contribution >= 4 is 5.78 Å². The molecule has 2 heterocycles. The van der Waals surface area contributed by atoms with E-state index in [9.17, 15) is 10.1 Å². The molecule has 0 radical (unpaired) electrons. The van der Waals surface area contributed by atoms with E-state index in [1.165, 1.54) is 0 Å². The Bertz CT molecular complexity index is 894. The van der Waals surface area contributed by atoms with Crippen LogP contribution in [0.1, 0.15) is 45.1 Å². The van der Waals surface area contributed by atoms with Crippen LogP contribution in [0.3, 0.4) is 0 Å². The van der Waals surface area contributed by atoms with Crippen LogP contribution in [0, 0.1) is 22.2 Å². The van der Waals surface area contributed by atoms with Crippen LogP contribution >= 0.6 is 0 Å². The molecule has 2 aliphatic heterocycles. The predicted molar refractivity (Wildman–Crippen MR) is 106 cm³/mol. The van der Waals surface area contributed by atoms with Crippen LogP contribution in [0.5, 0.6) is 0 Å². The monoisotopic (exact) mass is 377 g/mol. The van der Waals surface area contributed by atoms with Crippen LogP contribution in [0.4, 0.5) is 0 Å². The number of carbonyl (C=O) groups excluding carboxylic acids is 1. The van der Waals surface area contributed by atoms with Gasteiger partial charge in [-0.1, -0.05) is 44.2 Å². The lowest BCUT2D eigenvalue weighted by Crippen LogP contribution is -2.47. The van der Waals surface area contributed by atoms with Gasteiger partial charge in [0.25, 0.3) is 0 Å². The number of hydrogen-bond donors (Lipinski definition) is 1. The molecule has 2 unspecified atom stereocenters. The van der Waals surface area contributed by atoms with E-state index < -0.39 is 11.5 Å². The van der Waals surface area contributed by atoms with Gasteiger partial charge in [-0.2, -0.15) is 5.26 Å². The van der Waals surface area contributed by atoms with E-state index in [1.54, 1.807) is 0 Å². The Balaban J connectivity index is 1.81. The van der Waals surface area contributed by atoms with Gasteiger partial charge in [0, 0.05) is 42.7 Å². The third-order valence-electron chi connectivity index (χ3n) is 6.16. The van der Waals surface area contributed by atoms with Gasteiger partial charge in [0.05, 0.1) is 11.9 Å². The maximum Gasteiger partial charge on any atom is 0.162 e. The number of fused-ring (bicyclic) bond motifs is 1. The van der Waals surface area contributed by atoms with E-state index in [4.69, 9.17) is 10.5 Å². The second-order valence-electron chi connectivity index (χ2n) is 9.00. The first-order valence-corrected chi connectivity index (χ1v) is 9.91. The Hall–Kier alpha value is -2.58. The van der Waals surface area contributed by atoms with Crippen LogP contribution in [0.25, 0.3) is 0 Å². The lowest BCUT2D eigenvalue weighted by molar-refractivity contribution is -0.120. The quantitative estimate of drug-likeness (QED) is 0.851. The lowest BCUT2D eigenvalue weighted by atomic mass is 9.62. The summed E-state index contributed by atoms with van der Waals surface area (Å²) in [6, 6.07) is 12.4. The summed E-state index contributed by atoms with van der Waals surface area (Å²) in [4.78, 5) is 15.4. The molecular formula is C23H27N3O2. The van der Waals surface area contributed by atoms with Gasteiger partial charge in [-0.05, 0) is 29.9 Å². The average Bonchev–Trinajstić information content (AvgIpc) is 2.64. The topological polar surface area (TPSA) is 79.3 Å². The second kappa shape index (κ2) is 6.79. The van der Waals surface area contributed by atoms with Crippen LogP contribution in [0.15, 0.2) is 53.5 Å². The van der Waals surface area contributed by atoms with Gasteiger partial charge in [-0.25, -0.2) is 0 Å². The molecule has 1 fully saturated rings. The molecule has 0 amide bonds. The number of carbonyl (C=O) groups is 1. The third kappa shape index (κ3) is 3.22. The molecule has 0 aromatic heterocycles. The van der Waals surface area contributed by atoms with E-state index >= 15 is 0 Å². The minimum absolute atomic E-state index is 0.108. The van der Waals surface area contributed by atoms with Crippen molar-refractivity contribution in [2.24, 2.45) is 16.6 Å². The molecule has 1 saturated heterocycles. The Labute approximate surface area is 166 Å². The molecule has 5 nitrogen and oxygen atoms in total. The van der Waals surface area contributed by atoms with Gasteiger partial charge >= 0.3 is 0 Å². The number of benzene rings is 1. The van der Waals surface area contributed by atoms with E-state index in [0.717, 1.165) is 23.3 Å². The Morgan fingerprint density at radius 3 is 2.75 bits per heavy atom. The molecule has 146 valence electrons. The fourth-order valence-electron chi connectivity index (χ4n) is 4.94. The van der Waals surface area contributed by atoms with Gasteiger partial charge in [-0.3, -0.25) is 4.79 Å². The van der Waals surface area contributed by atoms with Crippen LogP contribution in [-0.4, -0.2) is 23.4 Å². The highest BCUT2D eigenvalue weighted by atomic mass is 16.5. The third-order valence-corrected chi connectivity index (χ3v) is 6.16. The fraction of sp³-hybridized carbons (Fsp3) is 0.478. The number of rotatable bonds is 2. The predicted octanol–water partition coefficient (Wildman–Crippen LogP) is 3.63. The summed E-state index contributed by atoms with van der Waals surface area (Å²) >= 11 is 0. The Kier molecular flexibility index (Phi) is 4.55. The standard InChI is InChI=1S/C23H27N3O2/c1-22(2)11-18-21(19(27)12-22)23(8-9-28-17(10-23)14-24)13-20(25)26(18)15-16-6-4-3-5-7-16/h3-7,13,17H,8-12,15,25H2,1-2H3. The van der Waals surface area contributed by atoms with Crippen LogP contribution in [0.2, 0.25) is 0 Å². The maximum absolute atomic E-state index is 13.3. The van der Waals surface area contributed by atoms with Gasteiger partial charge in [-0.15, -0.1) is 0 Å². The first-order chi connectivity index (χ1) is 13.3. The Morgan fingerprint density at radius 1 is 1.29 bits per heavy atom. The number of hydrogen-bond acceptors (Lipinski definition) is 5. The number of nitrogens with zero attached hydrogens (tertiary/aromatic N) is 2. The molecule has 2 atom stereocenters. The van der Waals surface area contributed by atoms with Crippen molar-refractivity contribution in [3.63, 3.8) is 0 Å². The van der Waals surface area contributed by atoms with Crippen molar-refractivity contribution in [1.29, 1.82) is 5.26 Å². The summed E-state index contributed by atoms with van der Waals surface area (Å²) < 4.78 is 5.59. The lowest BCUT2D eigenvalue weighted by Gasteiger charge is -2.49. The van der Waals surface area contributed by atoms with Crippen molar-refractivity contribution in [3.8, 4) is 6.07 Å². The number of ether oxygens (including phenoxy) is 1. The first kappa shape index (κ1) is 18.8. The normalized spacial score (nSPS) is 29.3.